The molecule has 1 heterocycles. The number of benzene rings is 2. The minimum Gasteiger partial charge on any atom is -0.417 e. The Labute approximate surface area is 206 Å². The van der Waals surface area contributed by atoms with E-state index < -0.39 is 8.32 Å². The maximum absolute atomic E-state index is 6.17. The van der Waals surface area contributed by atoms with E-state index in [1.165, 1.54) is 0 Å². The number of aryl methyl sites for hydroxylation is 4. The zero-order chi connectivity index (χ0) is 24.9. The Morgan fingerprint density at radius 1 is 0.735 bits per heavy atom. The fourth-order valence-corrected chi connectivity index (χ4v) is 4.53. The fourth-order valence-electron chi connectivity index (χ4n) is 3.82. The molecule has 0 amide bonds. The van der Waals surface area contributed by atoms with E-state index in [9.17, 15) is 0 Å². The average Bonchev–Trinajstić information content (AvgIpc) is 2.77. The molecular formula is C29H37N3OSi. The molecule has 0 aliphatic heterocycles. The van der Waals surface area contributed by atoms with Gasteiger partial charge in [-0.05, 0) is 88.6 Å². The Balaban J connectivity index is 2.02. The van der Waals surface area contributed by atoms with Gasteiger partial charge in [0.05, 0.1) is 34.2 Å². The first-order valence-corrected chi connectivity index (χ1v) is 15.3. The lowest BCUT2D eigenvalue weighted by Gasteiger charge is -2.18. The van der Waals surface area contributed by atoms with Gasteiger partial charge in [-0.25, -0.2) is 4.98 Å². The molecule has 4 nitrogen and oxygen atoms in total. The third kappa shape index (κ3) is 6.81. The van der Waals surface area contributed by atoms with Crippen molar-refractivity contribution in [2.24, 2.45) is 9.98 Å². The van der Waals surface area contributed by atoms with E-state index >= 15 is 0 Å². The van der Waals surface area contributed by atoms with Crippen LogP contribution in [0.1, 0.15) is 47.0 Å². The Kier molecular flexibility index (Phi) is 8.34. The van der Waals surface area contributed by atoms with Gasteiger partial charge < -0.3 is 4.43 Å². The highest BCUT2D eigenvalue weighted by Crippen LogP contribution is 2.26. The van der Waals surface area contributed by atoms with Crippen molar-refractivity contribution >= 4 is 31.1 Å². The lowest BCUT2D eigenvalue weighted by Crippen LogP contribution is -2.26. The minimum atomic E-state index is -1.62. The Bertz CT molecular complexity index is 1180. The summed E-state index contributed by atoms with van der Waals surface area (Å²) in [6, 6.07) is 18.6. The summed E-state index contributed by atoms with van der Waals surface area (Å²) in [4.78, 5) is 15.0. The molecule has 5 heteroatoms. The van der Waals surface area contributed by atoms with Crippen LogP contribution >= 0.6 is 0 Å². The van der Waals surface area contributed by atoms with E-state index in [0.29, 0.717) is 13.0 Å². The lowest BCUT2D eigenvalue weighted by atomic mass is 10.1. The Morgan fingerprint density at radius 3 is 1.74 bits per heavy atom. The van der Waals surface area contributed by atoms with Gasteiger partial charge in [-0.1, -0.05) is 42.5 Å². The topological polar surface area (TPSA) is 46.8 Å². The number of rotatable bonds is 8. The number of nitrogens with zero attached hydrogens (tertiary/aromatic N) is 3. The van der Waals surface area contributed by atoms with Crippen molar-refractivity contribution in [3.63, 3.8) is 0 Å². The van der Waals surface area contributed by atoms with Gasteiger partial charge in [-0.15, -0.1) is 0 Å². The van der Waals surface area contributed by atoms with Gasteiger partial charge in [0.15, 0.2) is 8.32 Å². The van der Waals surface area contributed by atoms with Crippen molar-refractivity contribution in [2.75, 3.05) is 6.61 Å². The highest BCUT2D eigenvalue weighted by Gasteiger charge is 2.16. The Morgan fingerprint density at radius 2 is 1.21 bits per heavy atom. The number of pyridine rings is 1. The monoisotopic (exact) mass is 471 g/mol. The van der Waals surface area contributed by atoms with Crippen LogP contribution in [0.2, 0.25) is 19.6 Å². The highest BCUT2D eigenvalue weighted by atomic mass is 28.4. The second kappa shape index (κ2) is 11.0. The highest BCUT2D eigenvalue weighted by molar-refractivity contribution is 6.69. The molecule has 0 bridgehead atoms. The molecule has 3 aromatic rings. The molecule has 0 aliphatic carbocycles. The standard InChI is InChI=1S/C29H37N3OSi/c1-20-12-9-13-21(2)28(20)30-24(5)25-16-11-17-26(31-25)27(18-19-33-34(6,7)8)32-29-22(3)14-10-15-23(29)4/h9-17H,18-19H2,1-8H3. The van der Waals surface area contributed by atoms with Crippen molar-refractivity contribution in [1.82, 2.24) is 4.98 Å². The molecule has 0 aliphatic rings. The first-order valence-electron chi connectivity index (χ1n) is 11.9. The quantitative estimate of drug-likeness (QED) is 0.248. The van der Waals surface area contributed by atoms with Crippen molar-refractivity contribution in [3.05, 3.63) is 88.2 Å². The normalized spacial score (nSPS) is 12.8. The maximum atomic E-state index is 6.17. The third-order valence-corrected chi connectivity index (χ3v) is 6.76. The van der Waals surface area contributed by atoms with Gasteiger partial charge in [-0.2, -0.15) is 0 Å². The smallest absolute Gasteiger partial charge is 0.183 e. The first-order chi connectivity index (χ1) is 16.0. The van der Waals surface area contributed by atoms with Crippen LogP contribution in [0.25, 0.3) is 0 Å². The molecule has 0 fully saturated rings. The van der Waals surface area contributed by atoms with Crippen LogP contribution in [0.15, 0.2) is 64.6 Å². The molecule has 0 unspecified atom stereocenters. The molecule has 34 heavy (non-hydrogen) atoms. The zero-order valence-corrected chi connectivity index (χ0v) is 22.9. The zero-order valence-electron chi connectivity index (χ0n) is 21.9. The van der Waals surface area contributed by atoms with E-state index in [1.54, 1.807) is 0 Å². The SMILES string of the molecule is CC(=Nc1c(C)cccc1C)c1cccc(C(CCO[Si](C)(C)C)=Nc2c(C)cccc2C)n1. The first kappa shape index (κ1) is 25.7. The summed E-state index contributed by atoms with van der Waals surface area (Å²) in [6.07, 6.45) is 0.710. The molecule has 0 saturated carbocycles. The molecule has 178 valence electrons. The van der Waals surface area contributed by atoms with Gasteiger partial charge in [0.2, 0.25) is 0 Å². The van der Waals surface area contributed by atoms with Crippen molar-refractivity contribution < 1.29 is 4.43 Å². The summed E-state index contributed by atoms with van der Waals surface area (Å²) in [6.45, 7) is 17.7. The van der Waals surface area contributed by atoms with Crippen molar-refractivity contribution in [1.29, 1.82) is 0 Å². The van der Waals surface area contributed by atoms with E-state index in [1.807, 2.05) is 25.1 Å². The van der Waals surface area contributed by atoms with Gasteiger partial charge in [0.1, 0.15) is 0 Å². The van der Waals surface area contributed by atoms with Gasteiger partial charge >= 0.3 is 0 Å². The molecule has 0 atom stereocenters. The summed E-state index contributed by atoms with van der Waals surface area (Å²) in [7, 11) is -1.62. The van der Waals surface area contributed by atoms with Gasteiger partial charge in [0, 0.05) is 13.0 Å². The van der Waals surface area contributed by atoms with E-state index in [-0.39, 0.29) is 0 Å². The Hall–Kier alpha value is -2.89. The fraction of sp³-hybridized carbons (Fsp3) is 0.345. The molecule has 0 radical (unpaired) electrons. The molecule has 3 rings (SSSR count). The van der Waals surface area contributed by atoms with Gasteiger partial charge in [-0.3, -0.25) is 9.98 Å². The molecule has 0 N–H and O–H groups in total. The predicted octanol–water partition coefficient (Wildman–Crippen LogP) is 7.82. The third-order valence-electron chi connectivity index (χ3n) is 5.69. The van der Waals surface area contributed by atoms with Crippen molar-refractivity contribution in [3.8, 4) is 0 Å². The summed E-state index contributed by atoms with van der Waals surface area (Å²) < 4.78 is 6.17. The summed E-state index contributed by atoms with van der Waals surface area (Å²) in [5.74, 6) is 0. The largest absolute Gasteiger partial charge is 0.417 e. The van der Waals surface area contributed by atoms with Crippen LogP contribution in [0.5, 0.6) is 0 Å². The summed E-state index contributed by atoms with van der Waals surface area (Å²) in [5, 5.41) is 0. The number of para-hydroxylation sites is 2. The molecular weight excluding hydrogens is 434 g/mol. The van der Waals surface area contributed by atoms with Crippen LogP contribution < -0.4 is 0 Å². The minimum absolute atomic E-state index is 0.640. The van der Waals surface area contributed by atoms with Crippen LogP contribution in [-0.4, -0.2) is 31.3 Å². The van der Waals surface area contributed by atoms with Gasteiger partial charge in [0.25, 0.3) is 0 Å². The summed E-state index contributed by atoms with van der Waals surface area (Å²) in [5.41, 5.74) is 10.2. The molecule has 2 aromatic carbocycles. The van der Waals surface area contributed by atoms with Crippen LogP contribution in [0.4, 0.5) is 11.4 Å². The summed E-state index contributed by atoms with van der Waals surface area (Å²) >= 11 is 0. The van der Waals surface area contributed by atoms with Crippen LogP contribution in [0.3, 0.4) is 0 Å². The van der Waals surface area contributed by atoms with E-state index in [0.717, 1.165) is 56.4 Å². The predicted molar refractivity (Wildman–Crippen MR) is 148 cm³/mol. The second-order valence-corrected chi connectivity index (χ2v) is 14.4. The average molecular weight is 472 g/mol. The van der Waals surface area contributed by atoms with Crippen LogP contribution in [-0.2, 0) is 4.43 Å². The lowest BCUT2D eigenvalue weighted by molar-refractivity contribution is 0.323. The molecule has 0 spiro atoms. The molecule has 1 aromatic heterocycles. The number of hydrogen-bond donors (Lipinski definition) is 0. The second-order valence-electron chi connectivity index (χ2n) is 9.86. The number of aromatic nitrogens is 1. The van der Waals surface area contributed by atoms with Crippen molar-refractivity contribution in [2.45, 2.75) is 60.7 Å². The molecule has 0 saturated heterocycles. The number of hydrogen-bond acceptors (Lipinski definition) is 4. The van der Waals surface area contributed by atoms with Crippen LogP contribution in [0, 0.1) is 27.7 Å². The van der Waals surface area contributed by atoms with E-state index in [2.05, 4.69) is 83.7 Å². The maximum Gasteiger partial charge on any atom is 0.183 e. The van der Waals surface area contributed by atoms with E-state index in [4.69, 9.17) is 19.4 Å². The number of aliphatic imine (C=N–C) groups is 2.